The van der Waals surface area contributed by atoms with Gasteiger partial charge in [0.05, 0.1) is 24.9 Å². The summed E-state index contributed by atoms with van der Waals surface area (Å²) in [5.41, 5.74) is 2.46. The molecule has 0 atom stereocenters. The lowest BCUT2D eigenvalue weighted by Gasteiger charge is -2.08. The van der Waals surface area contributed by atoms with E-state index in [0.717, 1.165) is 27.6 Å². The van der Waals surface area contributed by atoms with E-state index in [1.807, 2.05) is 72.1 Å². The third-order valence-corrected chi connectivity index (χ3v) is 5.06. The Kier molecular flexibility index (Phi) is 5.21. The lowest BCUT2D eigenvalue weighted by atomic mass is 10.2. The summed E-state index contributed by atoms with van der Waals surface area (Å²) >= 11 is 1.53. The molecule has 0 saturated heterocycles. The van der Waals surface area contributed by atoms with Gasteiger partial charge in [0.1, 0.15) is 5.75 Å². The van der Waals surface area contributed by atoms with Crippen LogP contribution >= 0.6 is 11.3 Å². The van der Waals surface area contributed by atoms with Crippen LogP contribution in [0.15, 0.2) is 78.2 Å². The van der Waals surface area contributed by atoms with Gasteiger partial charge in [-0.2, -0.15) is 5.10 Å². The zero-order chi connectivity index (χ0) is 19.3. The molecule has 0 bridgehead atoms. The molecular weight excluding hydrogens is 372 g/mol. The first kappa shape index (κ1) is 18.0. The molecule has 0 unspecified atom stereocenters. The fourth-order valence-corrected chi connectivity index (χ4v) is 3.49. The van der Waals surface area contributed by atoms with Crippen LogP contribution in [0.2, 0.25) is 0 Å². The number of ether oxygens (including phenoxy) is 2. The molecule has 0 aliphatic carbocycles. The van der Waals surface area contributed by atoms with Crippen molar-refractivity contribution in [1.29, 1.82) is 0 Å². The predicted octanol–water partition coefficient (Wildman–Crippen LogP) is 4.76. The van der Waals surface area contributed by atoms with Crippen LogP contribution in [0.25, 0.3) is 16.9 Å². The van der Waals surface area contributed by atoms with E-state index in [-0.39, 0.29) is 12.4 Å². The van der Waals surface area contributed by atoms with Gasteiger partial charge in [0.25, 0.3) is 0 Å². The molecule has 28 heavy (non-hydrogen) atoms. The average Bonchev–Trinajstić information content (AvgIpc) is 3.39. The number of carbonyl (C=O) groups excluding carboxylic acids is 1. The second kappa shape index (κ2) is 8.10. The molecule has 0 saturated carbocycles. The Morgan fingerprint density at radius 1 is 1.04 bits per heavy atom. The number of esters is 1. The fourth-order valence-electron chi connectivity index (χ4n) is 2.80. The number of nitrogens with zero attached hydrogens (tertiary/aromatic N) is 2. The molecule has 0 radical (unpaired) electrons. The molecule has 0 spiro atoms. The van der Waals surface area contributed by atoms with Gasteiger partial charge in [0.2, 0.25) is 5.88 Å². The molecule has 4 rings (SSSR count). The molecule has 6 heteroatoms. The molecular formula is C22H18N2O3S. The van der Waals surface area contributed by atoms with E-state index in [4.69, 9.17) is 9.47 Å². The number of aromatic nitrogens is 2. The highest BCUT2D eigenvalue weighted by Crippen LogP contribution is 2.27. The van der Waals surface area contributed by atoms with E-state index in [0.29, 0.717) is 5.88 Å². The minimum Gasteiger partial charge on any atom is -0.497 e. The molecule has 4 aromatic rings. The molecule has 140 valence electrons. The van der Waals surface area contributed by atoms with Crippen molar-refractivity contribution in [1.82, 2.24) is 9.78 Å². The van der Waals surface area contributed by atoms with Gasteiger partial charge in [0.15, 0.2) is 0 Å². The summed E-state index contributed by atoms with van der Waals surface area (Å²) in [5, 5.41) is 6.60. The summed E-state index contributed by atoms with van der Waals surface area (Å²) in [6.07, 6.45) is 0.228. The van der Waals surface area contributed by atoms with E-state index < -0.39 is 0 Å². The number of hydrogen-bond acceptors (Lipinski definition) is 5. The van der Waals surface area contributed by atoms with Crippen molar-refractivity contribution in [2.75, 3.05) is 7.11 Å². The number of methoxy groups -OCH3 is 1. The Labute approximate surface area is 166 Å². The highest BCUT2D eigenvalue weighted by atomic mass is 32.1. The quantitative estimate of drug-likeness (QED) is 0.446. The molecule has 0 N–H and O–H groups in total. The molecule has 5 nitrogen and oxygen atoms in total. The van der Waals surface area contributed by atoms with Crippen LogP contribution in [0.4, 0.5) is 0 Å². The topological polar surface area (TPSA) is 53.4 Å². The Morgan fingerprint density at radius 2 is 1.82 bits per heavy atom. The van der Waals surface area contributed by atoms with Crippen LogP contribution in [0.1, 0.15) is 4.88 Å². The van der Waals surface area contributed by atoms with Crippen LogP contribution in [-0.4, -0.2) is 22.9 Å². The van der Waals surface area contributed by atoms with E-state index in [1.54, 1.807) is 17.9 Å². The van der Waals surface area contributed by atoms with Gasteiger partial charge in [0, 0.05) is 16.5 Å². The van der Waals surface area contributed by atoms with Crippen molar-refractivity contribution in [2.24, 2.45) is 0 Å². The monoisotopic (exact) mass is 390 g/mol. The van der Waals surface area contributed by atoms with Gasteiger partial charge in [-0.25, -0.2) is 4.68 Å². The summed E-state index contributed by atoms with van der Waals surface area (Å²) < 4.78 is 12.5. The second-order valence-corrected chi connectivity index (χ2v) is 7.11. The predicted molar refractivity (Wildman–Crippen MR) is 109 cm³/mol. The maximum absolute atomic E-state index is 12.4. The van der Waals surface area contributed by atoms with Crippen molar-refractivity contribution < 1.29 is 14.3 Å². The maximum Gasteiger partial charge on any atom is 0.317 e. The van der Waals surface area contributed by atoms with Gasteiger partial charge in [-0.05, 0) is 35.7 Å². The molecule has 2 aromatic heterocycles. The zero-order valence-electron chi connectivity index (χ0n) is 15.2. The van der Waals surface area contributed by atoms with Gasteiger partial charge in [-0.15, -0.1) is 11.3 Å². The summed E-state index contributed by atoms with van der Waals surface area (Å²) in [4.78, 5) is 13.4. The molecule has 0 aliphatic rings. The first-order valence-corrected chi connectivity index (χ1v) is 9.64. The van der Waals surface area contributed by atoms with Crippen molar-refractivity contribution in [3.63, 3.8) is 0 Å². The Bertz CT molecular complexity index is 1060. The number of carbonyl (C=O) groups is 1. The van der Waals surface area contributed by atoms with E-state index in [9.17, 15) is 4.79 Å². The standard InChI is InChI=1S/C22H18N2O3S/c1-26-18-11-9-17(10-12-18)24-21(27-22(25)14-19-8-5-13-28-19)15-20(23-24)16-6-3-2-4-7-16/h2-13,15H,14H2,1H3. The Morgan fingerprint density at radius 3 is 2.50 bits per heavy atom. The lowest BCUT2D eigenvalue weighted by molar-refractivity contribution is -0.133. The van der Waals surface area contributed by atoms with Crippen molar-refractivity contribution in [2.45, 2.75) is 6.42 Å². The zero-order valence-corrected chi connectivity index (χ0v) is 16.1. The molecule has 2 aromatic carbocycles. The SMILES string of the molecule is COc1ccc(-n2nc(-c3ccccc3)cc2OC(=O)Cc2cccs2)cc1. The largest absolute Gasteiger partial charge is 0.497 e. The molecule has 0 amide bonds. The maximum atomic E-state index is 12.4. The van der Waals surface area contributed by atoms with Gasteiger partial charge in [-0.3, -0.25) is 4.79 Å². The third-order valence-electron chi connectivity index (χ3n) is 4.18. The second-order valence-electron chi connectivity index (χ2n) is 6.07. The Hall–Kier alpha value is -3.38. The van der Waals surface area contributed by atoms with Crippen molar-refractivity contribution in [3.05, 3.63) is 83.1 Å². The smallest absolute Gasteiger partial charge is 0.317 e. The van der Waals surface area contributed by atoms with Crippen LogP contribution in [0.3, 0.4) is 0 Å². The van der Waals surface area contributed by atoms with Crippen LogP contribution < -0.4 is 9.47 Å². The van der Waals surface area contributed by atoms with Gasteiger partial charge < -0.3 is 9.47 Å². The Balaban J connectivity index is 1.67. The minimum absolute atomic E-state index is 0.228. The molecule has 0 fully saturated rings. The number of rotatable bonds is 6. The average molecular weight is 390 g/mol. The van der Waals surface area contributed by atoms with Gasteiger partial charge >= 0.3 is 5.97 Å². The summed E-state index contributed by atoms with van der Waals surface area (Å²) in [7, 11) is 1.62. The normalized spacial score (nSPS) is 10.6. The molecule has 0 aliphatic heterocycles. The first-order chi connectivity index (χ1) is 13.7. The fraction of sp³-hybridized carbons (Fsp3) is 0.0909. The minimum atomic E-state index is -0.322. The van der Waals surface area contributed by atoms with E-state index in [1.165, 1.54) is 11.3 Å². The summed E-state index contributed by atoms with van der Waals surface area (Å²) in [6.45, 7) is 0. The highest BCUT2D eigenvalue weighted by Gasteiger charge is 2.16. The number of benzene rings is 2. The van der Waals surface area contributed by atoms with E-state index >= 15 is 0 Å². The first-order valence-electron chi connectivity index (χ1n) is 8.76. The highest BCUT2D eigenvalue weighted by molar-refractivity contribution is 7.10. The van der Waals surface area contributed by atoms with E-state index in [2.05, 4.69) is 5.10 Å². The van der Waals surface area contributed by atoms with Gasteiger partial charge in [-0.1, -0.05) is 36.4 Å². The summed E-state index contributed by atoms with van der Waals surface area (Å²) in [5.74, 6) is 0.803. The third kappa shape index (κ3) is 3.97. The number of thiophene rings is 1. The lowest BCUT2D eigenvalue weighted by Crippen LogP contribution is -2.13. The summed E-state index contributed by atoms with van der Waals surface area (Å²) in [6, 6.07) is 22.8. The van der Waals surface area contributed by atoms with Crippen LogP contribution in [0.5, 0.6) is 11.6 Å². The molecule has 2 heterocycles. The van der Waals surface area contributed by atoms with Crippen LogP contribution in [-0.2, 0) is 11.2 Å². The van der Waals surface area contributed by atoms with Crippen LogP contribution in [0, 0.1) is 0 Å². The number of hydrogen-bond donors (Lipinski definition) is 0. The van der Waals surface area contributed by atoms with Crippen molar-refractivity contribution >= 4 is 17.3 Å². The van der Waals surface area contributed by atoms with Crippen molar-refractivity contribution in [3.8, 4) is 28.6 Å².